The molecule has 0 bridgehead atoms. The summed E-state index contributed by atoms with van der Waals surface area (Å²) < 4.78 is 5.02. The third-order valence-corrected chi connectivity index (χ3v) is 3.55. The second-order valence-electron chi connectivity index (χ2n) is 5.23. The smallest absolute Gasteiger partial charge is 0.227 e. The average molecular weight is 253 g/mol. The highest BCUT2D eigenvalue weighted by Crippen LogP contribution is 2.28. The molecular formula is C13H23N3O2. The zero-order chi connectivity index (χ0) is 12.8. The average Bonchev–Trinajstić information content (AvgIpc) is 2.96. The molecule has 0 aliphatic heterocycles. The van der Waals surface area contributed by atoms with Gasteiger partial charge in [-0.3, -0.25) is 0 Å². The monoisotopic (exact) mass is 253 g/mol. The van der Waals surface area contributed by atoms with Crippen molar-refractivity contribution in [3.63, 3.8) is 0 Å². The first-order valence-electron chi connectivity index (χ1n) is 6.92. The van der Waals surface area contributed by atoms with Crippen molar-refractivity contribution in [2.24, 2.45) is 5.92 Å². The van der Waals surface area contributed by atoms with Gasteiger partial charge in [0.15, 0.2) is 5.82 Å². The number of aliphatic hydroxyl groups is 1. The number of hydrogen-bond acceptors (Lipinski definition) is 5. The minimum absolute atomic E-state index is 0.225. The zero-order valence-corrected chi connectivity index (χ0v) is 11.1. The molecule has 2 N–H and O–H groups in total. The van der Waals surface area contributed by atoms with Gasteiger partial charge in [0.2, 0.25) is 5.89 Å². The Morgan fingerprint density at radius 3 is 2.89 bits per heavy atom. The first-order chi connectivity index (χ1) is 8.74. The highest BCUT2D eigenvalue weighted by molar-refractivity contribution is 4.83. The van der Waals surface area contributed by atoms with Crippen LogP contribution in [0.2, 0.25) is 0 Å². The van der Waals surface area contributed by atoms with Crippen LogP contribution in [0.3, 0.4) is 0 Å². The van der Waals surface area contributed by atoms with Crippen LogP contribution in [0, 0.1) is 12.8 Å². The summed E-state index contributed by atoms with van der Waals surface area (Å²) in [6, 6.07) is 0. The minimum Gasteiger partial charge on any atom is -0.392 e. The summed E-state index contributed by atoms with van der Waals surface area (Å²) >= 11 is 0. The molecule has 1 atom stereocenters. The first kappa shape index (κ1) is 13.5. The van der Waals surface area contributed by atoms with Gasteiger partial charge in [0.05, 0.1) is 6.10 Å². The Hall–Kier alpha value is -0.940. The van der Waals surface area contributed by atoms with Crippen molar-refractivity contribution in [3.05, 3.63) is 11.7 Å². The van der Waals surface area contributed by atoms with Crippen LogP contribution in [0.15, 0.2) is 4.52 Å². The number of aromatic nitrogens is 2. The van der Waals surface area contributed by atoms with Gasteiger partial charge in [0.1, 0.15) is 0 Å². The lowest BCUT2D eigenvalue weighted by molar-refractivity contribution is 0.141. The van der Waals surface area contributed by atoms with E-state index < -0.39 is 0 Å². The zero-order valence-electron chi connectivity index (χ0n) is 11.1. The highest BCUT2D eigenvalue weighted by atomic mass is 16.5. The van der Waals surface area contributed by atoms with E-state index in [0.29, 0.717) is 18.3 Å². The summed E-state index contributed by atoms with van der Waals surface area (Å²) in [5, 5.41) is 16.9. The third-order valence-electron chi connectivity index (χ3n) is 3.55. The predicted octanol–water partition coefficient (Wildman–Crippen LogP) is 1.45. The Morgan fingerprint density at radius 1 is 1.44 bits per heavy atom. The normalized spacial score (nSPS) is 18.3. The molecule has 5 heteroatoms. The molecule has 1 aliphatic carbocycles. The molecule has 5 nitrogen and oxygen atoms in total. The van der Waals surface area contributed by atoms with Crippen molar-refractivity contribution in [1.29, 1.82) is 0 Å². The number of aliphatic hydroxyl groups excluding tert-OH is 1. The van der Waals surface area contributed by atoms with Gasteiger partial charge in [0, 0.05) is 19.5 Å². The summed E-state index contributed by atoms with van der Waals surface area (Å²) in [5.41, 5.74) is 0. The van der Waals surface area contributed by atoms with E-state index in [-0.39, 0.29) is 6.10 Å². The van der Waals surface area contributed by atoms with E-state index in [1.807, 2.05) is 6.92 Å². The number of hydrogen-bond donors (Lipinski definition) is 2. The van der Waals surface area contributed by atoms with Crippen LogP contribution in [0.5, 0.6) is 0 Å². The molecular weight excluding hydrogens is 230 g/mol. The topological polar surface area (TPSA) is 71.2 Å². The van der Waals surface area contributed by atoms with Gasteiger partial charge in [-0.15, -0.1) is 0 Å². The Kier molecular flexibility index (Phi) is 5.13. The SMILES string of the molecule is Cc1noc(CCNCC(O)CC2CCCC2)n1. The van der Waals surface area contributed by atoms with Gasteiger partial charge < -0.3 is 14.9 Å². The minimum atomic E-state index is -0.225. The van der Waals surface area contributed by atoms with Gasteiger partial charge in [-0.25, -0.2) is 0 Å². The van der Waals surface area contributed by atoms with Crippen LogP contribution in [0.25, 0.3) is 0 Å². The Bertz CT molecular complexity index is 348. The first-order valence-corrected chi connectivity index (χ1v) is 6.92. The van der Waals surface area contributed by atoms with Crippen molar-refractivity contribution in [2.75, 3.05) is 13.1 Å². The van der Waals surface area contributed by atoms with Crippen LogP contribution in [0.1, 0.15) is 43.8 Å². The summed E-state index contributed by atoms with van der Waals surface area (Å²) in [6.45, 7) is 3.23. The predicted molar refractivity (Wildman–Crippen MR) is 68.2 cm³/mol. The molecule has 1 aromatic heterocycles. The molecule has 1 unspecified atom stereocenters. The van der Waals surface area contributed by atoms with Crippen molar-refractivity contribution in [3.8, 4) is 0 Å². The molecule has 1 aliphatic rings. The van der Waals surface area contributed by atoms with E-state index in [4.69, 9.17) is 4.52 Å². The van der Waals surface area contributed by atoms with E-state index >= 15 is 0 Å². The fourth-order valence-corrected chi connectivity index (χ4v) is 2.62. The van der Waals surface area contributed by atoms with Crippen molar-refractivity contribution < 1.29 is 9.63 Å². The molecule has 0 spiro atoms. The Balaban J connectivity index is 1.54. The van der Waals surface area contributed by atoms with Crippen molar-refractivity contribution in [1.82, 2.24) is 15.5 Å². The second-order valence-corrected chi connectivity index (χ2v) is 5.23. The quantitative estimate of drug-likeness (QED) is 0.720. The number of nitrogens with zero attached hydrogens (tertiary/aromatic N) is 2. The van der Waals surface area contributed by atoms with Gasteiger partial charge >= 0.3 is 0 Å². The fraction of sp³-hybridized carbons (Fsp3) is 0.846. The molecule has 0 radical (unpaired) electrons. The molecule has 0 saturated heterocycles. The van der Waals surface area contributed by atoms with E-state index in [2.05, 4.69) is 15.5 Å². The Morgan fingerprint density at radius 2 is 2.22 bits per heavy atom. The molecule has 1 fully saturated rings. The number of aryl methyl sites for hydroxylation is 1. The molecule has 1 aromatic rings. The molecule has 0 aromatic carbocycles. The lowest BCUT2D eigenvalue weighted by atomic mass is 10.0. The van der Waals surface area contributed by atoms with Gasteiger partial charge in [0.25, 0.3) is 0 Å². The van der Waals surface area contributed by atoms with Gasteiger partial charge in [-0.2, -0.15) is 4.98 Å². The lowest BCUT2D eigenvalue weighted by Gasteiger charge is -2.15. The number of rotatable bonds is 7. The summed E-state index contributed by atoms with van der Waals surface area (Å²) in [7, 11) is 0. The van der Waals surface area contributed by atoms with Crippen LogP contribution in [-0.4, -0.2) is 34.4 Å². The largest absolute Gasteiger partial charge is 0.392 e. The van der Waals surface area contributed by atoms with Crippen LogP contribution in [0.4, 0.5) is 0 Å². The molecule has 1 heterocycles. The van der Waals surface area contributed by atoms with Crippen molar-refractivity contribution >= 4 is 0 Å². The third kappa shape index (κ3) is 4.38. The van der Waals surface area contributed by atoms with E-state index in [9.17, 15) is 5.11 Å². The summed E-state index contributed by atoms with van der Waals surface area (Å²) in [5.74, 6) is 2.07. The van der Waals surface area contributed by atoms with Crippen LogP contribution < -0.4 is 5.32 Å². The molecule has 102 valence electrons. The number of nitrogens with one attached hydrogen (secondary N) is 1. The molecule has 2 rings (SSSR count). The summed E-state index contributed by atoms with van der Waals surface area (Å²) in [4.78, 5) is 4.13. The standard InChI is InChI=1S/C13H23N3O2/c1-10-15-13(18-16-10)6-7-14-9-12(17)8-11-4-2-3-5-11/h11-12,14,17H,2-9H2,1H3. The van der Waals surface area contributed by atoms with Crippen LogP contribution in [-0.2, 0) is 6.42 Å². The molecule has 0 amide bonds. The van der Waals surface area contributed by atoms with E-state index in [1.54, 1.807) is 0 Å². The summed E-state index contributed by atoms with van der Waals surface area (Å²) in [6.07, 6.45) is 6.68. The van der Waals surface area contributed by atoms with Crippen LogP contribution >= 0.6 is 0 Å². The highest BCUT2D eigenvalue weighted by Gasteiger charge is 2.18. The maximum Gasteiger partial charge on any atom is 0.227 e. The fourth-order valence-electron chi connectivity index (χ4n) is 2.62. The molecule has 18 heavy (non-hydrogen) atoms. The van der Waals surface area contributed by atoms with Gasteiger partial charge in [-0.1, -0.05) is 30.8 Å². The van der Waals surface area contributed by atoms with Crippen molar-refractivity contribution in [2.45, 2.75) is 51.6 Å². The maximum atomic E-state index is 9.90. The van der Waals surface area contributed by atoms with Gasteiger partial charge in [-0.05, 0) is 19.3 Å². The van der Waals surface area contributed by atoms with E-state index in [1.165, 1.54) is 25.7 Å². The maximum absolute atomic E-state index is 9.90. The molecule has 1 saturated carbocycles. The van der Waals surface area contributed by atoms with E-state index in [0.717, 1.165) is 25.3 Å². The second kappa shape index (κ2) is 6.85. The Labute approximate surface area is 108 Å². The lowest BCUT2D eigenvalue weighted by Crippen LogP contribution is -2.29.